The van der Waals surface area contributed by atoms with Crippen LogP contribution in [0, 0.1) is 0 Å². The van der Waals surface area contributed by atoms with Crippen molar-refractivity contribution in [1.29, 1.82) is 0 Å². The van der Waals surface area contributed by atoms with Crippen LogP contribution in [-0.4, -0.2) is 99.7 Å². The summed E-state index contributed by atoms with van der Waals surface area (Å²) in [5.41, 5.74) is 0. The summed E-state index contributed by atoms with van der Waals surface area (Å²) in [5.74, 6) is -77.8. The predicted octanol–water partition coefficient (Wildman–Crippen LogP) is 9.54. The minimum atomic E-state index is -8.24. The van der Waals surface area contributed by atoms with E-state index >= 15 is 0 Å². The van der Waals surface area contributed by atoms with E-state index in [4.69, 9.17) is 11.6 Å². The van der Waals surface area contributed by atoms with Crippen molar-refractivity contribution in [2.24, 2.45) is 0 Å². The van der Waals surface area contributed by atoms with E-state index in [-0.39, 0.29) is 0 Å². The van der Waals surface area contributed by atoms with Gasteiger partial charge in [0.05, 0.1) is 26.1 Å². The van der Waals surface area contributed by atoms with Crippen LogP contribution in [-0.2, 0) is 0 Å². The van der Waals surface area contributed by atoms with Crippen molar-refractivity contribution in [3.63, 3.8) is 0 Å². The van der Waals surface area contributed by atoms with Gasteiger partial charge >= 0.3 is 83.6 Å². The third kappa shape index (κ3) is 7.48. The lowest BCUT2D eigenvalue weighted by Crippen LogP contribution is -2.70. The zero-order valence-corrected chi connectivity index (χ0v) is 23.4. The van der Waals surface area contributed by atoms with Crippen LogP contribution >= 0.6 is 11.6 Å². The van der Waals surface area contributed by atoms with Gasteiger partial charge in [-0.2, -0.15) is 124 Å². The maximum absolute atomic E-state index is 13.8. The molecule has 32 heteroatoms. The first kappa shape index (κ1) is 46.1. The van der Waals surface area contributed by atoms with Crippen LogP contribution in [0.2, 0.25) is 5.28 Å². The van der Waals surface area contributed by atoms with E-state index in [1.807, 2.05) is 0 Å². The van der Waals surface area contributed by atoms with Crippen molar-refractivity contribution >= 4 is 11.6 Å². The van der Waals surface area contributed by atoms with Crippen LogP contribution < -0.4 is 9.47 Å². The van der Waals surface area contributed by atoms with Crippen LogP contribution in [0.3, 0.4) is 0 Å². The van der Waals surface area contributed by atoms with E-state index in [0.717, 1.165) is 0 Å². The minimum absolute atomic E-state index is 1.41. The average Bonchev–Trinajstić information content (AvgIpc) is 2.90. The molecule has 1 rings (SSSR count). The van der Waals surface area contributed by atoms with Gasteiger partial charge in [-0.1, -0.05) is 0 Å². The molecule has 0 aromatic carbocycles. The van der Waals surface area contributed by atoms with Crippen molar-refractivity contribution < 1.29 is 124 Å². The highest BCUT2D eigenvalue weighted by Crippen LogP contribution is 2.62. The molecule has 0 spiro atoms. The second-order valence-corrected chi connectivity index (χ2v) is 9.70. The second-order valence-electron chi connectivity index (χ2n) is 9.37. The molecule has 0 amide bonds. The first-order valence-electron chi connectivity index (χ1n) is 11.6. The minimum Gasteiger partial charge on any atom is -0.463 e. The van der Waals surface area contributed by atoms with Crippen molar-refractivity contribution in [1.82, 2.24) is 15.0 Å². The molecule has 300 valence electrons. The van der Waals surface area contributed by atoms with Gasteiger partial charge in [0, 0.05) is 0 Å². The predicted molar refractivity (Wildman–Crippen MR) is 107 cm³/mol. The number of aromatic nitrogens is 3. The molecular weight excluding hydrogens is 832 g/mol. The number of nitrogens with zero attached hydrogens (tertiary/aromatic N) is 3. The van der Waals surface area contributed by atoms with Crippen molar-refractivity contribution in [2.75, 3.05) is 13.2 Å². The van der Waals surface area contributed by atoms with Gasteiger partial charge in [-0.25, -0.2) is 0 Å². The highest BCUT2D eigenvalue weighted by Gasteiger charge is 2.92. The van der Waals surface area contributed by atoms with E-state index in [9.17, 15) is 114 Å². The first-order valence-corrected chi connectivity index (χ1v) is 12.0. The Bertz CT molecular complexity index is 1280. The second kappa shape index (κ2) is 13.2. The zero-order valence-electron chi connectivity index (χ0n) is 22.7. The Labute approximate surface area is 266 Å². The summed E-state index contributed by atoms with van der Waals surface area (Å²) in [4.78, 5) is 8.22. The summed E-state index contributed by atoms with van der Waals surface area (Å²) in [6.07, 6.45) is -21.5. The lowest BCUT2D eigenvalue weighted by molar-refractivity contribution is -0.440. The SMILES string of the molecule is FC(F)(F)C(F)(F)C(F)(F)C(F)(F)C(F)(F)C(F)(F)CCOc1nc(Cl)nc(OCCC(F)(F)C(F)(F)C(F)(F)C(F)(F)C(F)(F)C(F)(F)F)n1. The van der Waals surface area contributed by atoms with Gasteiger partial charge in [-0.05, 0) is 11.6 Å². The van der Waals surface area contributed by atoms with Crippen LogP contribution in [0.5, 0.6) is 12.0 Å². The molecule has 0 aliphatic rings. The largest absolute Gasteiger partial charge is 0.463 e. The quantitative estimate of drug-likeness (QED) is 0.155. The lowest BCUT2D eigenvalue weighted by atomic mass is 9.93. The third-order valence-electron chi connectivity index (χ3n) is 5.86. The van der Waals surface area contributed by atoms with Crippen LogP contribution in [0.15, 0.2) is 0 Å². The Balaban J connectivity index is 3.15. The number of halogens is 27. The topological polar surface area (TPSA) is 57.1 Å². The van der Waals surface area contributed by atoms with Crippen molar-refractivity contribution in [2.45, 2.75) is 84.4 Å². The summed E-state index contributed by atoms with van der Waals surface area (Å²) in [7, 11) is 0. The molecule has 5 nitrogen and oxygen atoms in total. The summed E-state index contributed by atoms with van der Waals surface area (Å²) in [6.45, 7) is -4.54. The molecule has 0 saturated heterocycles. The maximum atomic E-state index is 13.8. The standard InChI is InChI=1S/C19H8ClF26N3O2/c20-5-47-6(50-3-1-8(21,22)10(25,26)12(29,30)14(33,34)16(37,38)18(41,42)43)49-7(48-5)51-4-2-9(23,24)11(27,28)13(31,32)15(35,36)17(39,40)19(44,45)46/h1-4H2. The molecule has 0 fully saturated rings. The Kier molecular flexibility index (Phi) is 11.9. The Morgan fingerprint density at radius 1 is 0.353 bits per heavy atom. The number of hydrogen-bond acceptors (Lipinski definition) is 5. The summed E-state index contributed by atoms with van der Waals surface area (Å²) in [5, 5.41) is -1.41. The average molecular weight is 840 g/mol. The molecule has 51 heavy (non-hydrogen) atoms. The van der Waals surface area contributed by atoms with Crippen LogP contribution in [0.4, 0.5) is 114 Å². The molecular formula is C19H8ClF26N3O2. The third-order valence-corrected chi connectivity index (χ3v) is 6.03. The summed E-state index contributed by atoms with van der Waals surface area (Å²) in [6, 6.07) is -3.44. The van der Waals surface area contributed by atoms with Gasteiger partial charge in [0.15, 0.2) is 0 Å². The molecule has 0 saturated carbocycles. The number of ether oxygens (including phenoxy) is 2. The first-order chi connectivity index (χ1) is 22.1. The van der Waals surface area contributed by atoms with E-state index < -0.39 is 115 Å². The highest BCUT2D eigenvalue weighted by molar-refractivity contribution is 6.28. The summed E-state index contributed by atoms with van der Waals surface area (Å²) >= 11 is 5.16. The van der Waals surface area contributed by atoms with Crippen LogP contribution in [0.25, 0.3) is 0 Å². The lowest BCUT2D eigenvalue weighted by Gasteiger charge is -2.39. The van der Waals surface area contributed by atoms with E-state index in [1.165, 1.54) is 0 Å². The van der Waals surface area contributed by atoms with E-state index in [0.29, 0.717) is 0 Å². The molecule has 0 aliphatic heterocycles. The molecule has 0 radical (unpaired) electrons. The molecule has 1 aromatic heterocycles. The fraction of sp³-hybridized carbons (Fsp3) is 0.842. The van der Waals surface area contributed by atoms with Gasteiger partial charge in [0.2, 0.25) is 5.28 Å². The van der Waals surface area contributed by atoms with Gasteiger partial charge in [0.25, 0.3) is 0 Å². The molecule has 0 atom stereocenters. The fourth-order valence-corrected chi connectivity index (χ4v) is 3.05. The molecule has 0 N–H and O–H groups in total. The Hall–Kier alpha value is -2.92. The van der Waals surface area contributed by atoms with Crippen molar-refractivity contribution in [3.8, 4) is 12.0 Å². The molecule has 0 aliphatic carbocycles. The van der Waals surface area contributed by atoms with Gasteiger partial charge in [-0.3, -0.25) is 0 Å². The normalized spacial score (nSPS) is 15.7. The number of hydrogen-bond donors (Lipinski definition) is 0. The van der Waals surface area contributed by atoms with Gasteiger partial charge in [0.1, 0.15) is 0 Å². The molecule has 0 unspecified atom stereocenters. The fourth-order valence-electron chi connectivity index (χ4n) is 2.90. The molecule has 1 heterocycles. The van der Waals surface area contributed by atoms with Gasteiger partial charge in [-0.15, -0.1) is 4.98 Å². The number of alkyl halides is 26. The van der Waals surface area contributed by atoms with Gasteiger partial charge < -0.3 is 9.47 Å². The smallest absolute Gasteiger partial charge is 0.460 e. The van der Waals surface area contributed by atoms with Crippen molar-refractivity contribution in [3.05, 3.63) is 5.28 Å². The van der Waals surface area contributed by atoms with E-state index in [1.54, 1.807) is 0 Å². The van der Waals surface area contributed by atoms with E-state index in [2.05, 4.69) is 24.4 Å². The Morgan fingerprint density at radius 2 is 0.588 bits per heavy atom. The Morgan fingerprint density at radius 3 is 0.824 bits per heavy atom. The van der Waals surface area contributed by atoms with Crippen LogP contribution in [0.1, 0.15) is 12.8 Å². The molecule has 0 bridgehead atoms. The monoisotopic (exact) mass is 839 g/mol. The zero-order chi connectivity index (χ0) is 41.1. The summed E-state index contributed by atoms with van der Waals surface area (Å²) < 4.78 is 349. The highest BCUT2D eigenvalue weighted by atomic mass is 35.5. The molecule has 1 aromatic rings. The number of rotatable bonds is 16. The maximum Gasteiger partial charge on any atom is 0.460 e.